The van der Waals surface area contributed by atoms with Gasteiger partial charge in [0.05, 0.1) is 0 Å². The first-order valence-electron chi connectivity index (χ1n) is 4.14. The minimum atomic E-state index is -4.28. The average Bonchev–Trinajstić information content (AvgIpc) is 2.13. The van der Waals surface area contributed by atoms with E-state index in [2.05, 4.69) is 9.98 Å². The largest absolute Gasteiger partial charge is 0.287 e. The molecule has 0 rings (SSSR count). The van der Waals surface area contributed by atoms with Crippen molar-refractivity contribution in [1.29, 1.82) is 0 Å². The van der Waals surface area contributed by atoms with Gasteiger partial charge in [-0.25, -0.2) is 23.1 Å². The van der Waals surface area contributed by atoms with Crippen molar-refractivity contribution < 1.29 is 18.0 Å². The standard InChI is InChI=1S/C7H11N3O4S/c1-2-3-4-7(9-5-11,10-6-12)15(8,13)14/h2-4H2,1H3,(H2,8,13,14). The first kappa shape index (κ1) is 13.7. The van der Waals surface area contributed by atoms with Crippen LogP contribution in [-0.4, -0.2) is 25.6 Å². The molecule has 0 amide bonds. The third kappa shape index (κ3) is 3.38. The maximum Gasteiger partial charge on any atom is 0.287 e. The van der Waals surface area contributed by atoms with Gasteiger partial charge in [0.15, 0.2) is 0 Å². The molecule has 0 spiro atoms. The smallest absolute Gasteiger partial charge is 0.225 e. The van der Waals surface area contributed by atoms with Crippen LogP contribution in [0.4, 0.5) is 0 Å². The number of unbranched alkanes of at least 4 members (excludes halogenated alkanes) is 1. The van der Waals surface area contributed by atoms with Crippen molar-refractivity contribution in [3.05, 3.63) is 0 Å². The van der Waals surface area contributed by atoms with Crippen molar-refractivity contribution in [2.24, 2.45) is 15.1 Å². The van der Waals surface area contributed by atoms with Gasteiger partial charge >= 0.3 is 0 Å². The van der Waals surface area contributed by atoms with E-state index < -0.39 is 15.0 Å². The third-order valence-corrected chi connectivity index (χ3v) is 3.05. The number of aliphatic imine (C=N–C) groups is 2. The van der Waals surface area contributed by atoms with Crippen molar-refractivity contribution >= 4 is 22.2 Å². The van der Waals surface area contributed by atoms with Gasteiger partial charge in [-0.05, 0) is 6.42 Å². The molecule has 2 N–H and O–H groups in total. The lowest BCUT2D eigenvalue weighted by molar-refractivity contribution is 0.475. The molecule has 0 aliphatic carbocycles. The van der Waals surface area contributed by atoms with Crippen molar-refractivity contribution in [1.82, 2.24) is 0 Å². The highest BCUT2D eigenvalue weighted by Gasteiger charge is 2.41. The lowest BCUT2D eigenvalue weighted by atomic mass is 10.2. The van der Waals surface area contributed by atoms with Crippen LogP contribution in [0.5, 0.6) is 0 Å². The summed E-state index contributed by atoms with van der Waals surface area (Å²) < 4.78 is 22.3. The quantitative estimate of drug-likeness (QED) is 0.504. The van der Waals surface area contributed by atoms with Crippen molar-refractivity contribution in [2.45, 2.75) is 31.2 Å². The SMILES string of the molecule is CCCCC(N=C=O)(N=C=O)S(N)(=O)=O. The van der Waals surface area contributed by atoms with Crippen LogP contribution in [0.1, 0.15) is 26.2 Å². The Labute approximate surface area is 87.1 Å². The van der Waals surface area contributed by atoms with Crippen LogP contribution in [0.25, 0.3) is 0 Å². The monoisotopic (exact) mass is 233 g/mol. The minimum Gasteiger partial charge on any atom is -0.225 e. The molecule has 0 bridgehead atoms. The Kier molecular flexibility index (Phi) is 5.04. The Bertz CT molecular complexity index is 386. The van der Waals surface area contributed by atoms with Crippen molar-refractivity contribution in [2.75, 3.05) is 0 Å². The summed E-state index contributed by atoms with van der Waals surface area (Å²) in [4.78, 5) is 24.0. The maximum absolute atomic E-state index is 11.2. The zero-order chi connectivity index (χ0) is 11.9. The van der Waals surface area contributed by atoms with Crippen LogP contribution in [0.15, 0.2) is 9.98 Å². The molecule has 0 fully saturated rings. The number of isocyanates is 2. The molecule has 7 nitrogen and oxygen atoms in total. The average molecular weight is 233 g/mol. The van der Waals surface area contributed by atoms with Gasteiger partial charge in [-0.2, -0.15) is 9.98 Å². The van der Waals surface area contributed by atoms with Crippen LogP contribution >= 0.6 is 0 Å². The normalized spacial score (nSPS) is 14.5. The molecule has 15 heavy (non-hydrogen) atoms. The Morgan fingerprint density at radius 1 is 1.27 bits per heavy atom. The summed E-state index contributed by atoms with van der Waals surface area (Å²) in [6.07, 6.45) is 2.99. The molecular weight excluding hydrogens is 222 g/mol. The molecule has 0 aliphatic rings. The van der Waals surface area contributed by atoms with E-state index in [-0.39, 0.29) is 6.42 Å². The molecule has 84 valence electrons. The molecule has 0 radical (unpaired) electrons. The lowest BCUT2D eigenvalue weighted by Gasteiger charge is -2.18. The van der Waals surface area contributed by atoms with Crippen LogP contribution in [0, 0.1) is 0 Å². The van der Waals surface area contributed by atoms with Crippen LogP contribution in [-0.2, 0) is 19.6 Å². The highest BCUT2D eigenvalue weighted by atomic mass is 32.2. The highest BCUT2D eigenvalue weighted by Crippen LogP contribution is 2.24. The van der Waals surface area contributed by atoms with Gasteiger partial charge in [0.1, 0.15) is 0 Å². The molecule has 0 aliphatic heterocycles. The number of sulfonamides is 1. The molecule has 0 aromatic rings. The molecule has 0 saturated carbocycles. The van der Waals surface area contributed by atoms with Gasteiger partial charge in [-0.3, -0.25) is 0 Å². The highest BCUT2D eigenvalue weighted by molar-refractivity contribution is 7.90. The number of nitrogens with two attached hydrogens (primary N) is 1. The van der Waals surface area contributed by atoms with E-state index >= 15 is 0 Å². The van der Waals surface area contributed by atoms with Crippen LogP contribution in [0.2, 0.25) is 0 Å². The first-order valence-corrected chi connectivity index (χ1v) is 5.68. The minimum absolute atomic E-state index is 0.146. The predicted octanol–water partition coefficient (Wildman–Crippen LogP) is -0.209. The van der Waals surface area contributed by atoms with E-state index in [0.29, 0.717) is 12.8 Å². The van der Waals surface area contributed by atoms with Gasteiger partial charge in [-0.1, -0.05) is 13.3 Å². The summed E-state index contributed by atoms with van der Waals surface area (Å²) in [5.74, 6) is 0. The van der Waals surface area contributed by atoms with Gasteiger partial charge in [0.2, 0.25) is 12.2 Å². The second-order valence-electron chi connectivity index (χ2n) is 2.80. The predicted molar refractivity (Wildman–Crippen MR) is 51.6 cm³/mol. The number of hydrogen-bond donors (Lipinski definition) is 1. The Morgan fingerprint density at radius 3 is 2.00 bits per heavy atom. The molecule has 0 aromatic heterocycles. The van der Waals surface area contributed by atoms with Crippen LogP contribution in [0.3, 0.4) is 0 Å². The Morgan fingerprint density at radius 2 is 1.73 bits per heavy atom. The maximum atomic E-state index is 11.2. The summed E-state index contributed by atoms with van der Waals surface area (Å²) in [5, 5.41) is 4.85. The Hall–Kier alpha value is -1.33. The first-order chi connectivity index (χ1) is 6.93. The topological polar surface area (TPSA) is 119 Å². The Balaban J connectivity index is 5.47. The number of carbonyl (C=O) groups excluding carboxylic acids is 2. The van der Waals surface area contributed by atoms with Gasteiger partial charge < -0.3 is 0 Å². The van der Waals surface area contributed by atoms with E-state index in [1.54, 1.807) is 6.92 Å². The van der Waals surface area contributed by atoms with Crippen LogP contribution < -0.4 is 5.14 Å². The van der Waals surface area contributed by atoms with Gasteiger partial charge in [0, 0.05) is 6.42 Å². The van der Waals surface area contributed by atoms with E-state index in [9.17, 15) is 18.0 Å². The summed E-state index contributed by atoms with van der Waals surface area (Å²) >= 11 is 0. The van der Waals surface area contributed by atoms with Gasteiger partial charge in [-0.15, -0.1) is 0 Å². The molecular formula is C7H11N3O4S. The fraction of sp³-hybridized carbons (Fsp3) is 0.714. The number of nitrogens with zero attached hydrogens (tertiary/aromatic N) is 2. The third-order valence-electron chi connectivity index (χ3n) is 1.75. The molecule has 0 unspecified atom stereocenters. The molecule has 0 atom stereocenters. The number of primary sulfonamides is 1. The zero-order valence-electron chi connectivity index (χ0n) is 8.13. The zero-order valence-corrected chi connectivity index (χ0v) is 8.95. The molecule has 0 heterocycles. The van der Waals surface area contributed by atoms with E-state index in [1.807, 2.05) is 0 Å². The lowest BCUT2D eigenvalue weighted by Crippen LogP contribution is -2.40. The van der Waals surface area contributed by atoms with Crippen molar-refractivity contribution in [3.8, 4) is 0 Å². The van der Waals surface area contributed by atoms with E-state index in [4.69, 9.17) is 5.14 Å². The summed E-state index contributed by atoms with van der Waals surface area (Å²) in [6, 6.07) is 0. The van der Waals surface area contributed by atoms with Gasteiger partial charge in [0.25, 0.3) is 15.0 Å². The summed E-state index contributed by atoms with van der Waals surface area (Å²) in [6.45, 7) is 1.79. The fourth-order valence-electron chi connectivity index (χ4n) is 0.956. The number of rotatable bonds is 6. The second kappa shape index (κ2) is 5.53. The molecule has 8 heteroatoms. The van der Waals surface area contributed by atoms with Crippen molar-refractivity contribution in [3.63, 3.8) is 0 Å². The van der Waals surface area contributed by atoms with E-state index in [0.717, 1.165) is 12.2 Å². The number of hydrogen-bond acceptors (Lipinski definition) is 6. The van der Waals surface area contributed by atoms with E-state index in [1.165, 1.54) is 0 Å². The second-order valence-corrected chi connectivity index (χ2v) is 4.54. The summed E-state index contributed by atoms with van der Waals surface area (Å²) in [5.41, 5.74) is 0. The molecule has 0 saturated heterocycles. The summed E-state index contributed by atoms with van der Waals surface area (Å²) in [7, 11) is -4.28. The fourth-order valence-corrected chi connectivity index (χ4v) is 1.71. The molecule has 0 aromatic carbocycles.